The number of rotatable bonds is 6. The van der Waals surface area contributed by atoms with E-state index in [1.807, 2.05) is 0 Å². The quantitative estimate of drug-likeness (QED) is 0.627. The molecule has 7 heteroatoms. The molecule has 2 rings (SSSR count). The molecular formula is C14H16F4N2O. The maximum atomic E-state index is 13.7. The third-order valence-electron chi connectivity index (χ3n) is 3.20. The molecule has 0 spiro atoms. The third kappa shape index (κ3) is 4.42. The third-order valence-corrected chi connectivity index (χ3v) is 3.20. The predicted octanol–water partition coefficient (Wildman–Crippen LogP) is 2.72. The van der Waals surface area contributed by atoms with E-state index in [0.717, 1.165) is 31.5 Å². The Kier molecular flexibility index (Phi) is 4.82. The zero-order valence-corrected chi connectivity index (χ0v) is 11.3. The Morgan fingerprint density at radius 1 is 1.24 bits per heavy atom. The highest BCUT2D eigenvalue weighted by Crippen LogP contribution is 2.32. The predicted molar refractivity (Wildman–Crippen MR) is 69.4 cm³/mol. The molecule has 1 aliphatic rings. The number of amides is 1. The first-order valence-electron chi connectivity index (χ1n) is 6.77. The van der Waals surface area contributed by atoms with Gasteiger partial charge in [-0.25, -0.2) is 4.39 Å². The fraction of sp³-hybridized carbons (Fsp3) is 0.500. The molecule has 0 aromatic heterocycles. The lowest BCUT2D eigenvalue weighted by atomic mass is 10.1. The lowest BCUT2D eigenvalue weighted by molar-refractivity contribution is -0.140. The molecule has 1 saturated carbocycles. The normalized spacial score (nSPS) is 15.0. The molecule has 1 aliphatic carbocycles. The Bertz CT molecular complexity index is 512. The summed E-state index contributed by atoms with van der Waals surface area (Å²) in [6.07, 6.45) is -1.86. The Hall–Kier alpha value is -1.63. The van der Waals surface area contributed by atoms with Crippen molar-refractivity contribution in [3.63, 3.8) is 0 Å². The molecule has 0 heterocycles. The van der Waals surface area contributed by atoms with Crippen LogP contribution in [0.1, 0.15) is 35.2 Å². The first kappa shape index (κ1) is 15.8. The number of carbonyl (C=O) groups excluding carboxylic acids is 1. The van der Waals surface area contributed by atoms with E-state index in [2.05, 4.69) is 10.6 Å². The van der Waals surface area contributed by atoms with E-state index in [0.29, 0.717) is 18.5 Å². The summed E-state index contributed by atoms with van der Waals surface area (Å²) in [5.74, 6) is -2.36. The summed E-state index contributed by atoms with van der Waals surface area (Å²) in [5.41, 5.74) is -2.01. The molecule has 0 bridgehead atoms. The molecule has 0 aliphatic heterocycles. The van der Waals surface area contributed by atoms with Gasteiger partial charge in [-0.15, -0.1) is 0 Å². The zero-order valence-electron chi connectivity index (χ0n) is 11.3. The molecule has 2 N–H and O–H groups in total. The van der Waals surface area contributed by atoms with E-state index in [1.165, 1.54) is 0 Å². The second kappa shape index (κ2) is 6.43. The topological polar surface area (TPSA) is 41.1 Å². The van der Waals surface area contributed by atoms with E-state index < -0.39 is 29.0 Å². The second-order valence-electron chi connectivity index (χ2n) is 5.00. The smallest absolute Gasteiger partial charge is 0.352 e. The van der Waals surface area contributed by atoms with Crippen molar-refractivity contribution >= 4 is 5.91 Å². The SMILES string of the molecule is O=C(NCCCNC1CC1)c1cccc(C(F)(F)F)c1F. The van der Waals surface area contributed by atoms with Crippen LogP contribution in [0.2, 0.25) is 0 Å². The van der Waals surface area contributed by atoms with E-state index in [1.54, 1.807) is 0 Å². The maximum Gasteiger partial charge on any atom is 0.419 e. The van der Waals surface area contributed by atoms with Crippen LogP contribution in [-0.4, -0.2) is 25.0 Å². The fourth-order valence-electron chi connectivity index (χ4n) is 1.91. The summed E-state index contributed by atoms with van der Waals surface area (Å²) in [7, 11) is 0. The van der Waals surface area contributed by atoms with Gasteiger partial charge in [0.2, 0.25) is 0 Å². The minimum atomic E-state index is -4.81. The van der Waals surface area contributed by atoms with Gasteiger partial charge in [-0.05, 0) is 37.9 Å². The zero-order chi connectivity index (χ0) is 15.5. The summed E-state index contributed by atoms with van der Waals surface area (Å²) in [5, 5.41) is 5.66. The molecule has 116 valence electrons. The molecule has 3 nitrogen and oxygen atoms in total. The van der Waals surface area contributed by atoms with Crippen LogP contribution in [0, 0.1) is 5.82 Å². The summed E-state index contributed by atoms with van der Waals surface area (Å²) < 4.78 is 51.4. The van der Waals surface area contributed by atoms with Gasteiger partial charge < -0.3 is 10.6 Å². The average Bonchev–Trinajstić information content (AvgIpc) is 3.21. The van der Waals surface area contributed by atoms with Gasteiger partial charge in [0, 0.05) is 12.6 Å². The van der Waals surface area contributed by atoms with E-state index in [4.69, 9.17) is 0 Å². The number of alkyl halides is 3. The van der Waals surface area contributed by atoms with Gasteiger partial charge in [0.05, 0.1) is 11.1 Å². The number of nitrogens with one attached hydrogen (secondary N) is 2. The number of halogens is 4. The Balaban J connectivity index is 1.89. The van der Waals surface area contributed by atoms with Gasteiger partial charge in [0.1, 0.15) is 5.82 Å². The van der Waals surface area contributed by atoms with Crippen LogP contribution in [0.5, 0.6) is 0 Å². The van der Waals surface area contributed by atoms with Crippen molar-refractivity contribution in [1.82, 2.24) is 10.6 Å². The summed E-state index contributed by atoms with van der Waals surface area (Å²) >= 11 is 0. The Morgan fingerprint density at radius 3 is 2.57 bits per heavy atom. The van der Waals surface area contributed by atoms with Crippen LogP contribution < -0.4 is 10.6 Å². The molecule has 0 atom stereocenters. The number of carbonyl (C=O) groups is 1. The summed E-state index contributed by atoms with van der Waals surface area (Å²) in [4.78, 5) is 11.7. The van der Waals surface area contributed by atoms with Crippen molar-refractivity contribution in [3.8, 4) is 0 Å². The lowest BCUT2D eigenvalue weighted by Crippen LogP contribution is -2.29. The molecule has 0 saturated heterocycles. The molecule has 0 radical (unpaired) electrons. The van der Waals surface area contributed by atoms with Crippen molar-refractivity contribution < 1.29 is 22.4 Å². The molecule has 21 heavy (non-hydrogen) atoms. The van der Waals surface area contributed by atoms with Crippen LogP contribution in [0.4, 0.5) is 17.6 Å². The summed E-state index contributed by atoms with van der Waals surface area (Å²) in [6, 6.07) is 3.24. The monoisotopic (exact) mass is 304 g/mol. The Morgan fingerprint density at radius 2 is 1.95 bits per heavy atom. The standard InChI is InChI=1S/C14H16F4N2O/c15-12-10(3-1-4-11(12)14(16,17)18)13(21)20-8-2-7-19-9-5-6-9/h1,3-4,9,19H,2,5-8H2,(H,20,21). The first-order valence-corrected chi connectivity index (χ1v) is 6.77. The maximum absolute atomic E-state index is 13.7. The fourth-order valence-corrected chi connectivity index (χ4v) is 1.91. The van der Waals surface area contributed by atoms with Crippen molar-refractivity contribution in [2.75, 3.05) is 13.1 Å². The van der Waals surface area contributed by atoms with E-state index in [9.17, 15) is 22.4 Å². The minimum Gasteiger partial charge on any atom is -0.352 e. The highest BCUT2D eigenvalue weighted by molar-refractivity contribution is 5.94. The van der Waals surface area contributed by atoms with Crippen LogP contribution in [0.3, 0.4) is 0 Å². The van der Waals surface area contributed by atoms with Crippen LogP contribution in [-0.2, 0) is 6.18 Å². The van der Waals surface area contributed by atoms with E-state index >= 15 is 0 Å². The van der Waals surface area contributed by atoms with Gasteiger partial charge in [0.25, 0.3) is 5.91 Å². The highest BCUT2D eigenvalue weighted by atomic mass is 19.4. The van der Waals surface area contributed by atoms with Gasteiger partial charge in [-0.3, -0.25) is 4.79 Å². The largest absolute Gasteiger partial charge is 0.419 e. The number of hydrogen-bond donors (Lipinski definition) is 2. The average molecular weight is 304 g/mol. The number of hydrogen-bond acceptors (Lipinski definition) is 2. The number of benzene rings is 1. The molecule has 1 aromatic rings. The molecular weight excluding hydrogens is 288 g/mol. The van der Waals surface area contributed by atoms with Crippen LogP contribution in [0.25, 0.3) is 0 Å². The lowest BCUT2D eigenvalue weighted by Gasteiger charge is -2.11. The van der Waals surface area contributed by atoms with Crippen LogP contribution >= 0.6 is 0 Å². The first-order chi connectivity index (χ1) is 9.89. The molecule has 1 fully saturated rings. The van der Waals surface area contributed by atoms with Gasteiger partial charge in [-0.2, -0.15) is 13.2 Å². The van der Waals surface area contributed by atoms with Gasteiger partial charge >= 0.3 is 6.18 Å². The second-order valence-corrected chi connectivity index (χ2v) is 5.00. The van der Waals surface area contributed by atoms with Crippen LogP contribution in [0.15, 0.2) is 18.2 Å². The van der Waals surface area contributed by atoms with Gasteiger partial charge in [-0.1, -0.05) is 6.07 Å². The highest BCUT2D eigenvalue weighted by Gasteiger charge is 2.35. The minimum absolute atomic E-state index is 0.286. The molecule has 1 aromatic carbocycles. The molecule has 0 unspecified atom stereocenters. The van der Waals surface area contributed by atoms with E-state index in [-0.39, 0.29) is 6.54 Å². The van der Waals surface area contributed by atoms with Crippen molar-refractivity contribution in [2.45, 2.75) is 31.5 Å². The summed E-state index contributed by atoms with van der Waals surface area (Å²) in [6.45, 7) is 1.00. The Labute approximate surface area is 119 Å². The van der Waals surface area contributed by atoms with Crippen molar-refractivity contribution in [1.29, 1.82) is 0 Å². The van der Waals surface area contributed by atoms with Crippen molar-refractivity contribution in [3.05, 3.63) is 35.1 Å². The van der Waals surface area contributed by atoms with Gasteiger partial charge in [0.15, 0.2) is 0 Å². The van der Waals surface area contributed by atoms with Crippen molar-refractivity contribution in [2.24, 2.45) is 0 Å². The molecule has 1 amide bonds.